The quantitative estimate of drug-likeness (QED) is 0.634. The van der Waals surface area contributed by atoms with E-state index in [1.54, 1.807) is 23.1 Å². The van der Waals surface area contributed by atoms with Gasteiger partial charge >= 0.3 is 0 Å². The van der Waals surface area contributed by atoms with Crippen molar-refractivity contribution >= 4 is 44.9 Å². The third-order valence-corrected chi connectivity index (χ3v) is 6.70. The molecule has 0 radical (unpaired) electrons. The average molecular weight is 425 g/mol. The number of halogens is 1. The van der Waals surface area contributed by atoms with Gasteiger partial charge in [0, 0.05) is 28.5 Å². The molecule has 128 valence electrons. The van der Waals surface area contributed by atoms with E-state index in [1.165, 1.54) is 6.42 Å². The normalized spacial score (nSPS) is 21.0. The first-order valence-corrected chi connectivity index (χ1v) is 10.8. The fourth-order valence-electron chi connectivity index (χ4n) is 3.16. The molecule has 6 heteroatoms. The number of benzene rings is 1. The minimum absolute atomic E-state index is 0.235. The molecule has 2 aromatic rings. The van der Waals surface area contributed by atoms with Crippen LogP contribution in [0.5, 0.6) is 0 Å². The predicted molar refractivity (Wildman–Crippen MR) is 105 cm³/mol. The number of likely N-dealkylation sites (tertiary alicyclic amines) is 1. The van der Waals surface area contributed by atoms with Gasteiger partial charge in [0.2, 0.25) is 5.91 Å². The minimum Gasteiger partial charge on any atom is -0.341 e. The number of amides is 1. The van der Waals surface area contributed by atoms with Crippen LogP contribution in [0.4, 0.5) is 0 Å². The number of carbonyl (C=O) groups excluding carboxylic acids is 1. The summed E-state index contributed by atoms with van der Waals surface area (Å²) in [5, 5.41) is 2.06. The number of nitrogens with zero attached hydrogens (tertiary/aromatic N) is 2. The summed E-state index contributed by atoms with van der Waals surface area (Å²) in [5.41, 5.74) is 2.08. The van der Waals surface area contributed by atoms with E-state index in [4.69, 9.17) is 0 Å². The van der Waals surface area contributed by atoms with Crippen LogP contribution in [-0.4, -0.2) is 34.6 Å². The molecule has 0 N–H and O–H groups in total. The van der Waals surface area contributed by atoms with E-state index in [1.807, 2.05) is 17.0 Å². The molecule has 0 saturated carbocycles. The Balaban J connectivity index is 1.57. The summed E-state index contributed by atoms with van der Waals surface area (Å²) in [6.45, 7) is 6.25. The molecular formula is C18H21BrN2OS2. The highest BCUT2D eigenvalue weighted by molar-refractivity contribution is 9.10. The van der Waals surface area contributed by atoms with E-state index in [9.17, 15) is 4.79 Å². The van der Waals surface area contributed by atoms with Crippen molar-refractivity contribution in [2.45, 2.75) is 24.6 Å². The molecule has 2 heterocycles. The van der Waals surface area contributed by atoms with Crippen LogP contribution in [0.2, 0.25) is 0 Å². The second-order valence-electron chi connectivity index (χ2n) is 6.54. The van der Waals surface area contributed by atoms with E-state index in [0.717, 1.165) is 33.2 Å². The van der Waals surface area contributed by atoms with Gasteiger partial charge in [-0.1, -0.05) is 53.7 Å². The van der Waals surface area contributed by atoms with Crippen LogP contribution >= 0.6 is 39.0 Å². The number of hydrogen-bond donors (Lipinski definition) is 0. The van der Waals surface area contributed by atoms with Crippen LogP contribution in [0.1, 0.15) is 20.3 Å². The van der Waals surface area contributed by atoms with Crippen molar-refractivity contribution in [3.05, 3.63) is 34.1 Å². The Kier molecular flexibility index (Phi) is 6.00. The first kappa shape index (κ1) is 18.0. The predicted octanol–water partition coefficient (Wildman–Crippen LogP) is 5.17. The molecule has 2 unspecified atom stereocenters. The number of aromatic nitrogens is 1. The Morgan fingerprint density at radius 2 is 1.96 bits per heavy atom. The number of rotatable bonds is 4. The topological polar surface area (TPSA) is 33.2 Å². The summed E-state index contributed by atoms with van der Waals surface area (Å²) in [6, 6.07) is 8.14. The molecule has 1 aromatic carbocycles. The summed E-state index contributed by atoms with van der Waals surface area (Å²) >= 11 is 6.60. The van der Waals surface area contributed by atoms with Gasteiger partial charge in [-0.15, -0.1) is 11.3 Å². The van der Waals surface area contributed by atoms with E-state index in [2.05, 4.69) is 52.3 Å². The van der Waals surface area contributed by atoms with Gasteiger partial charge < -0.3 is 4.90 Å². The molecule has 3 rings (SSSR count). The number of piperidine rings is 1. The molecule has 24 heavy (non-hydrogen) atoms. The van der Waals surface area contributed by atoms with Gasteiger partial charge in [0.25, 0.3) is 0 Å². The van der Waals surface area contributed by atoms with E-state index >= 15 is 0 Å². The third-order valence-electron chi connectivity index (χ3n) is 4.16. The van der Waals surface area contributed by atoms with Crippen molar-refractivity contribution in [1.29, 1.82) is 0 Å². The van der Waals surface area contributed by atoms with Gasteiger partial charge in [-0.2, -0.15) is 0 Å². The molecule has 2 atom stereocenters. The molecule has 1 aliphatic heterocycles. The Morgan fingerprint density at radius 3 is 2.62 bits per heavy atom. The number of thiazole rings is 1. The maximum Gasteiger partial charge on any atom is 0.233 e. The van der Waals surface area contributed by atoms with Crippen LogP contribution in [0.15, 0.2) is 38.5 Å². The molecule has 1 saturated heterocycles. The largest absolute Gasteiger partial charge is 0.341 e. The summed E-state index contributed by atoms with van der Waals surface area (Å²) < 4.78 is 2.02. The van der Waals surface area contributed by atoms with Crippen LogP contribution in [0, 0.1) is 11.8 Å². The minimum atomic E-state index is 0.235. The highest BCUT2D eigenvalue weighted by atomic mass is 79.9. The monoisotopic (exact) mass is 424 g/mol. The van der Waals surface area contributed by atoms with Crippen LogP contribution in [0.3, 0.4) is 0 Å². The van der Waals surface area contributed by atoms with Gasteiger partial charge in [0.05, 0.1) is 11.4 Å². The summed E-state index contributed by atoms with van der Waals surface area (Å²) in [6.07, 6.45) is 1.22. The maximum absolute atomic E-state index is 12.5. The Bertz CT molecular complexity index is 691. The lowest BCUT2D eigenvalue weighted by Crippen LogP contribution is -2.43. The van der Waals surface area contributed by atoms with Gasteiger partial charge in [-0.05, 0) is 30.4 Å². The molecular weight excluding hydrogens is 404 g/mol. The SMILES string of the molecule is CC1CC(C)CN(C(=O)CSc2nc(-c3ccc(Br)cc3)cs2)C1. The van der Waals surface area contributed by atoms with Gasteiger partial charge in [0.1, 0.15) is 0 Å². The van der Waals surface area contributed by atoms with Crippen LogP contribution in [-0.2, 0) is 4.79 Å². The van der Waals surface area contributed by atoms with Gasteiger partial charge in [-0.25, -0.2) is 4.98 Å². The molecule has 1 amide bonds. The van der Waals surface area contributed by atoms with Crippen molar-refractivity contribution in [1.82, 2.24) is 9.88 Å². The molecule has 0 spiro atoms. The molecule has 3 nitrogen and oxygen atoms in total. The lowest BCUT2D eigenvalue weighted by molar-refractivity contribution is -0.130. The highest BCUT2D eigenvalue weighted by Gasteiger charge is 2.25. The third kappa shape index (κ3) is 4.61. The smallest absolute Gasteiger partial charge is 0.233 e. The molecule has 1 aliphatic rings. The Morgan fingerprint density at radius 1 is 1.29 bits per heavy atom. The molecule has 1 fully saturated rings. The standard InChI is InChI=1S/C18H21BrN2OS2/c1-12-7-13(2)9-21(8-12)17(22)11-24-18-20-16(10-23-18)14-3-5-15(19)6-4-14/h3-6,10,12-13H,7-9,11H2,1-2H3. The summed E-state index contributed by atoms with van der Waals surface area (Å²) in [4.78, 5) is 19.1. The molecule has 0 bridgehead atoms. The second-order valence-corrected chi connectivity index (χ2v) is 9.54. The van der Waals surface area contributed by atoms with Crippen LogP contribution in [0.25, 0.3) is 11.3 Å². The van der Waals surface area contributed by atoms with Crippen molar-refractivity contribution in [3.8, 4) is 11.3 Å². The van der Waals surface area contributed by atoms with Crippen molar-refractivity contribution in [3.63, 3.8) is 0 Å². The summed E-state index contributed by atoms with van der Waals surface area (Å²) in [5.74, 6) is 1.92. The molecule has 0 aliphatic carbocycles. The lowest BCUT2D eigenvalue weighted by atomic mass is 9.92. The highest BCUT2D eigenvalue weighted by Crippen LogP contribution is 2.29. The maximum atomic E-state index is 12.5. The average Bonchev–Trinajstić information content (AvgIpc) is 3.01. The van der Waals surface area contributed by atoms with E-state index < -0.39 is 0 Å². The Hall–Kier alpha value is -0.850. The van der Waals surface area contributed by atoms with E-state index in [-0.39, 0.29) is 5.91 Å². The first-order valence-electron chi connectivity index (χ1n) is 8.13. The van der Waals surface area contributed by atoms with Crippen molar-refractivity contribution < 1.29 is 4.79 Å². The fourth-order valence-corrected chi connectivity index (χ4v) is 5.16. The van der Waals surface area contributed by atoms with Gasteiger partial charge in [-0.3, -0.25) is 4.79 Å². The van der Waals surface area contributed by atoms with E-state index in [0.29, 0.717) is 17.6 Å². The Labute approximate surface area is 160 Å². The summed E-state index contributed by atoms with van der Waals surface area (Å²) in [7, 11) is 0. The van der Waals surface area contributed by atoms with Crippen molar-refractivity contribution in [2.75, 3.05) is 18.8 Å². The zero-order valence-corrected chi connectivity index (χ0v) is 17.1. The number of carbonyl (C=O) groups is 1. The second kappa shape index (κ2) is 8.02. The fraction of sp³-hybridized carbons (Fsp3) is 0.444. The zero-order chi connectivity index (χ0) is 17.1. The zero-order valence-electron chi connectivity index (χ0n) is 13.9. The number of hydrogen-bond acceptors (Lipinski definition) is 4. The lowest BCUT2D eigenvalue weighted by Gasteiger charge is -2.34. The number of thioether (sulfide) groups is 1. The molecule has 1 aromatic heterocycles. The van der Waals surface area contributed by atoms with Crippen molar-refractivity contribution in [2.24, 2.45) is 11.8 Å². The van der Waals surface area contributed by atoms with Crippen LogP contribution < -0.4 is 0 Å². The van der Waals surface area contributed by atoms with Gasteiger partial charge in [0.15, 0.2) is 4.34 Å². The first-order chi connectivity index (χ1) is 11.5.